The number of carbonyl (C=O) groups excluding carboxylic acids is 2. The van der Waals surface area contributed by atoms with Crippen LogP contribution in [0.15, 0.2) is 24.3 Å². The fourth-order valence-electron chi connectivity index (χ4n) is 3.18. The number of rotatable bonds is 6. The lowest BCUT2D eigenvalue weighted by Crippen LogP contribution is -2.28. The molecule has 0 aliphatic heterocycles. The second-order valence-electron chi connectivity index (χ2n) is 6.34. The van der Waals surface area contributed by atoms with Gasteiger partial charge in [0.25, 0.3) is 0 Å². The third-order valence-electron chi connectivity index (χ3n) is 4.58. The Kier molecular flexibility index (Phi) is 6.16. The molecular weight excluding hydrogens is 290 g/mol. The van der Waals surface area contributed by atoms with Crippen molar-refractivity contribution >= 4 is 17.5 Å². The van der Waals surface area contributed by atoms with Crippen molar-refractivity contribution in [2.75, 3.05) is 11.9 Å². The highest BCUT2D eigenvalue weighted by Crippen LogP contribution is 2.27. The van der Waals surface area contributed by atoms with Gasteiger partial charge in [-0.05, 0) is 43.4 Å². The number of anilines is 1. The van der Waals surface area contributed by atoms with Crippen LogP contribution in [0.5, 0.6) is 0 Å². The molecule has 2 rings (SSSR count). The van der Waals surface area contributed by atoms with Crippen LogP contribution in [-0.2, 0) is 16.1 Å². The van der Waals surface area contributed by atoms with Crippen LogP contribution < -0.4 is 11.1 Å². The van der Waals surface area contributed by atoms with E-state index in [1.165, 1.54) is 0 Å². The molecule has 0 aromatic heterocycles. The van der Waals surface area contributed by atoms with Gasteiger partial charge in [-0.2, -0.15) is 0 Å². The Labute approximate surface area is 138 Å². The quantitative estimate of drug-likeness (QED) is 0.846. The SMILES string of the molecule is CCN(Cc1cccc(NC(=O)C[C@@H]2CCC[C@H]2N)c1)C(C)=O. The molecule has 0 unspecified atom stereocenters. The zero-order chi connectivity index (χ0) is 16.8. The van der Waals surface area contributed by atoms with Gasteiger partial charge in [0.05, 0.1) is 0 Å². The lowest BCUT2D eigenvalue weighted by Gasteiger charge is -2.19. The van der Waals surface area contributed by atoms with Gasteiger partial charge < -0.3 is 16.0 Å². The molecule has 2 amide bonds. The second kappa shape index (κ2) is 8.11. The van der Waals surface area contributed by atoms with Crippen molar-refractivity contribution in [1.82, 2.24) is 4.90 Å². The van der Waals surface area contributed by atoms with E-state index in [1.807, 2.05) is 31.2 Å². The first kappa shape index (κ1) is 17.5. The van der Waals surface area contributed by atoms with E-state index in [1.54, 1.807) is 11.8 Å². The molecule has 1 aromatic rings. The number of carbonyl (C=O) groups is 2. The summed E-state index contributed by atoms with van der Waals surface area (Å²) in [7, 11) is 0. The molecule has 2 atom stereocenters. The van der Waals surface area contributed by atoms with Crippen LogP contribution in [0.1, 0.15) is 45.1 Å². The smallest absolute Gasteiger partial charge is 0.224 e. The normalized spacial score (nSPS) is 20.3. The Morgan fingerprint density at radius 1 is 1.35 bits per heavy atom. The summed E-state index contributed by atoms with van der Waals surface area (Å²) in [5.74, 6) is 0.368. The Morgan fingerprint density at radius 2 is 2.13 bits per heavy atom. The average molecular weight is 317 g/mol. The van der Waals surface area contributed by atoms with Crippen molar-refractivity contribution in [2.45, 2.75) is 52.1 Å². The Morgan fingerprint density at radius 3 is 2.74 bits per heavy atom. The summed E-state index contributed by atoms with van der Waals surface area (Å²) >= 11 is 0. The summed E-state index contributed by atoms with van der Waals surface area (Å²) in [4.78, 5) is 25.5. The topological polar surface area (TPSA) is 75.4 Å². The van der Waals surface area contributed by atoms with E-state index in [-0.39, 0.29) is 17.9 Å². The van der Waals surface area contributed by atoms with Gasteiger partial charge in [0.15, 0.2) is 0 Å². The number of nitrogens with zero attached hydrogens (tertiary/aromatic N) is 1. The summed E-state index contributed by atoms with van der Waals surface area (Å²) < 4.78 is 0. The molecule has 5 nitrogen and oxygen atoms in total. The molecular formula is C18H27N3O2. The predicted octanol–water partition coefficient (Wildman–Crippen LogP) is 2.51. The predicted molar refractivity (Wildman–Crippen MR) is 91.8 cm³/mol. The Balaban J connectivity index is 1.94. The lowest BCUT2D eigenvalue weighted by molar-refractivity contribution is -0.129. The van der Waals surface area contributed by atoms with Gasteiger partial charge in [0.1, 0.15) is 0 Å². The lowest BCUT2D eigenvalue weighted by atomic mass is 10.00. The standard InChI is InChI=1S/C18H27N3O2/c1-3-21(13(2)22)12-14-6-4-8-16(10-14)20-18(23)11-15-7-5-9-17(15)19/h4,6,8,10,15,17H,3,5,7,9,11-12,19H2,1-2H3,(H,20,23)/t15-,17+/m0/s1. The first-order chi connectivity index (χ1) is 11.0. The summed E-state index contributed by atoms with van der Waals surface area (Å²) in [6.45, 7) is 4.76. The van der Waals surface area contributed by atoms with Crippen LogP contribution in [0, 0.1) is 5.92 Å². The van der Waals surface area contributed by atoms with Gasteiger partial charge in [0, 0.05) is 38.2 Å². The molecule has 1 aliphatic carbocycles. The third kappa shape index (κ3) is 5.06. The molecule has 0 bridgehead atoms. The van der Waals surface area contributed by atoms with Gasteiger partial charge in [0.2, 0.25) is 11.8 Å². The number of hydrogen-bond donors (Lipinski definition) is 2. The van der Waals surface area contributed by atoms with E-state index in [4.69, 9.17) is 5.73 Å². The molecule has 0 saturated heterocycles. The monoisotopic (exact) mass is 317 g/mol. The van der Waals surface area contributed by atoms with Crippen molar-refractivity contribution in [1.29, 1.82) is 0 Å². The number of amides is 2. The van der Waals surface area contributed by atoms with Gasteiger partial charge in [-0.25, -0.2) is 0 Å². The van der Waals surface area contributed by atoms with Crippen LogP contribution in [-0.4, -0.2) is 29.3 Å². The van der Waals surface area contributed by atoms with Crippen LogP contribution in [0.2, 0.25) is 0 Å². The number of nitrogens with two attached hydrogens (primary N) is 1. The maximum atomic E-state index is 12.2. The van der Waals surface area contributed by atoms with Crippen molar-refractivity contribution in [2.24, 2.45) is 11.7 Å². The molecule has 1 aliphatic rings. The van der Waals surface area contributed by atoms with Crippen LogP contribution in [0.3, 0.4) is 0 Å². The molecule has 126 valence electrons. The summed E-state index contributed by atoms with van der Waals surface area (Å²) in [5.41, 5.74) is 7.81. The van der Waals surface area contributed by atoms with Crippen molar-refractivity contribution in [3.8, 4) is 0 Å². The first-order valence-corrected chi connectivity index (χ1v) is 8.39. The Hall–Kier alpha value is -1.88. The molecule has 0 heterocycles. The fourth-order valence-corrected chi connectivity index (χ4v) is 3.18. The van der Waals surface area contributed by atoms with Gasteiger partial charge >= 0.3 is 0 Å². The second-order valence-corrected chi connectivity index (χ2v) is 6.34. The average Bonchev–Trinajstić information content (AvgIpc) is 2.90. The molecule has 0 radical (unpaired) electrons. The van der Waals surface area contributed by atoms with Crippen molar-refractivity contribution in [3.05, 3.63) is 29.8 Å². The molecule has 1 saturated carbocycles. The van der Waals surface area contributed by atoms with E-state index in [0.717, 1.165) is 30.5 Å². The molecule has 1 fully saturated rings. The van der Waals surface area contributed by atoms with E-state index in [2.05, 4.69) is 5.32 Å². The van der Waals surface area contributed by atoms with Gasteiger partial charge in [-0.1, -0.05) is 18.6 Å². The van der Waals surface area contributed by atoms with Crippen LogP contribution >= 0.6 is 0 Å². The molecule has 1 aromatic carbocycles. The highest BCUT2D eigenvalue weighted by Gasteiger charge is 2.26. The zero-order valence-corrected chi connectivity index (χ0v) is 14.0. The minimum Gasteiger partial charge on any atom is -0.339 e. The van der Waals surface area contributed by atoms with E-state index < -0.39 is 0 Å². The summed E-state index contributed by atoms with van der Waals surface area (Å²) in [6, 6.07) is 7.83. The minimum absolute atomic E-state index is 0.0171. The highest BCUT2D eigenvalue weighted by atomic mass is 16.2. The zero-order valence-electron chi connectivity index (χ0n) is 14.0. The minimum atomic E-state index is 0.0171. The first-order valence-electron chi connectivity index (χ1n) is 8.39. The summed E-state index contributed by atoms with van der Waals surface area (Å²) in [5, 5.41) is 2.95. The highest BCUT2D eigenvalue weighted by molar-refractivity contribution is 5.91. The van der Waals surface area contributed by atoms with E-state index >= 15 is 0 Å². The molecule has 23 heavy (non-hydrogen) atoms. The van der Waals surface area contributed by atoms with Crippen molar-refractivity contribution in [3.63, 3.8) is 0 Å². The fraction of sp³-hybridized carbons (Fsp3) is 0.556. The van der Waals surface area contributed by atoms with E-state index in [0.29, 0.717) is 25.4 Å². The maximum absolute atomic E-state index is 12.2. The maximum Gasteiger partial charge on any atom is 0.224 e. The molecule has 5 heteroatoms. The third-order valence-corrected chi connectivity index (χ3v) is 4.58. The number of nitrogens with one attached hydrogen (secondary N) is 1. The largest absolute Gasteiger partial charge is 0.339 e. The molecule has 3 N–H and O–H groups in total. The van der Waals surface area contributed by atoms with Crippen LogP contribution in [0.25, 0.3) is 0 Å². The van der Waals surface area contributed by atoms with Crippen LogP contribution in [0.4, 0.5) is 5.69 Å². The summed E-state index contributed by atoms with van der Waals surface area (Å²) in [6.07, 6.45) is 3.66. The van der Waals surface area contributed by atoms with Gasteiger partial charge in [-0.15, -0.1) is 0 Å². The Bertz CT molecular complexity index is 559. The van der Waals surface area contributed by atoms with E-state index in [9.17, 15) is 9.59 Å². The van der Waals surface area contributed by atoms with Gasteiger partial charge in [-0.3, -0.25) is 9.59 Å². The van der Waals surface area contributed by atoms with Crippen molar-refractivity contribution < 1.29 is 9.59 Å². The molecule has 0 spiro atoms. The number of benzene rings is 1. The number of hydrogen-bond acceptors (Lipinski definition) is 3.